The standard InChI is InChI=1S/C25H21N5O/c1-3-19-16(2)20(13-26)24-28-21-9-5-6-10-22(21)30(24)25(19)29-27-14-17-12-18-8-4-7-11-23(18)31-15-17/h4-12,14,29H,3,15H2,1-2H3/b27-14+. The summed E-state index contributed by atoms with van der Waals surface area (Å²) in [5.41, 5.74) is 10.3. The van der Waals surface area contributed by atoms with Gasteiger partial charge < -0.3 is 4.74 Å². The topological polar surface area (TPSA) is 74.7 Å². The molecule has 1 aliphatic heterocycles. The van der Waals surface area contributed by atoms with Crippen molar-refractivity contribution < 1.29 is 4.74 Å². The van der Waals surface area contributed by atoms with Crippen molar-refractivity contribution in [1.82, 2.24) is 9.38 Å². The molecule has 152 valence electrons. The minimum Gasteiger partial charge on any atom is -0.488 e. The number of nitrogens with one attached hydrogen (secondary N) is 1. The molecule has 0 atom stereocenters. The second kappa shape index (κ2) is 7.62. The second-order valence-corrected chi connectivity index (χ2v) is 7.47. The Morgan fingerprint density at radius 2 is 2.03 bits per heavy atom. The number of para-hydroxylation sites is 3. The summed E-state index contributed by atoms with van der Waals surface area (Å²) in [6.45, 7) is 4.52. The third-order valence-electron chi connectivity index (χ3n) is 5.64. The molecule has 31 heavy (non-hydrogen) atoms. The lowest BCUT2D eigenvalue weighted by atomic mass is 10.0. The molecule has 3 heterocycles. The van der Waals surface area contributed by atoms with Crippen molar-refractivity contribution in [2.75, 3.05) is 12.0 Å². The van der Waals surface area contributed by atoms with Crippen LogP contribution < -0.4 is 10.2 Å². The fourth-order valence-corrected chi connectivity index (χ4v) is 4.12. The molecule has 0 aliphatic carbocycles. The van der Waals surface area contributed by atoms with Crippen LogP contribution in [0.3, 0.4) is 0 Å². The Labute approximate surface area is 180 Å². The van der Waals surface area contributed by atoms with Gasteiger partial charge in [-0.15, -0.1) is 0 Å². The lowest BCUT2D eigenvalue weighted by Crippen LogP contribution is -2.10. The van der Waals surface area contributed by atoms with E-state index in [0.717, 1.165) is 51.3 Å². The van der Waals surface area contributed by atoms with Gasteiger partial charge in [-0.25, -0.2) is 4.98 Å². The third kappa shape index (κ3) is 3.11. The molecule has 0 fully saturated rings. The highest BCUT2D eigenvalue weighted by atomic mass is 16.5. The molecule has 5 rings (SSSR count). The number of ether oxygens (including phenoxy) is 1. The number of fused-ring (bicyclic) bond motifs is 4. The van der Waals surface area contributed by atoms with E-state index in [-0.39, 0.29) is 0 Å². The van der Waals surface area contributed by atoms with Crippen LogP contribution in [-0.4, -0.2) is 22.2 Å². The molecule has 0 spiro atoms. The Morgan fingerprint density at radius 3 is 2.87 bits per heavy atom. The van der Waals surface area contributed by atoms with Crippen molar-refractivity contribution in [3.05, 3.63) is 76.4 Å². The van der Waals surface area contributed by atoms with E-state index >= 15 is 0 Å². The summed E-state index contributed by atoms with van der Waals surface area (Å²) in [6, 6.07) is 18.2. The average molecular weight is 407 g/mol. The van der Waals surface area contributed by atoms with Gasteiger partial charge in [-0.1, -0.05) is 37.3 Å². The molecule has 0 saturated heterocycles. The fraction of sp³-hybridized carbons (Fsp3) is 0.160. The first-order chi connectivity index (χ1) is 15.2. The SMILES string of the molecule is CCc1c(C)c(C#N)c2nc3ccccc3n2c1N/N=C/C1=Cc2ccccc2OC1. The van der Waals surface area contributed by atoms with Gasteiger partial charge >= 0.3 is 0 Å². The predicted octanol–water partition coefficient (Wildman–Crippen LogP) is 5.10. The number of nitrogens with zero attached hydrogens (tertiary/aromatic N) is 4. The Kier molecular flexibility index (Phi) is 4.64. The van der Waals surface area contributed by atoms with E-state index in [4.69, 9.17) is 9.72 Å². The number of hydrogen-bond acceptors (Lipinski definition) is 5. The highest BCUT2D eigenvalue weighted by molar-refractivity contribution is 5.89. The van der Waals surface area contributed by atoms with Crippen molar-refractivity contribution in [1.29, 1.82) is 5.26 Å². The van der Waals surface area contributed by atoms with Gasteiger partial charge in [0.15, 0.2) is 5.65 Å². The zero-order valence-corrected chi connectivity index (χ0v) is 17.4. The number of imidazole rings is 1. The molecule has 0 radical (unpaired) electrons. The molecule has 0 unspecified atom stereocenters. The Hall–Kier alpha value is -4.11. The lowest BCUT2D eigenvalue weighted by Gasteiger charge is -2.17. The van der Waals surface area contributed by atoms with E-state index in [0.29, 0.717) is 17.8 Å². The van der Waals surface area contributed by atoms with Crippen LogP contribution in [0.25, 0.3) is 22.8 Å². The number of benzene rings is 2. The van der Waals surface area contributed by atoms with E-state index in [2.05, 4.69) is 29.6 Å². The van der Waals surface area contributed by atoms with Gasteiger partial charge in [-0.05, 0) is 48.7 Å². The van der Waals surface area contributed by atoms with Gasteiger partial charge in [-0.2, -0.15) is 10.4 Å². The molecule has 1 N–H and O–H groups in total. The van der Waals surface area contributed by atoms with Crippen LogP contribution >= 0.6 is 0 Å². The quantitative estimate of drug-likeness (QED) is 0.377. The normalized spacial score (nSPS) is 13.1. The first kappa shape index (κ1) is 18.9. The van der Waals surface area contributed by atoms with Crippen molar-refractivity contribution >= 4 is 34.8 Å². The number of rotatable bonds is 4. The van der Waals surface area contributed by atoms with Crippen molar-refractivity contribution in [3.63, 3.8) is 0 Å². The highest BCUT2D eigenvalue weighted by Gasteiger charge is 2.19. The molecule has 0 bridgehead atoms. The van der Waals surface area contributed by atoms with Crippen LogP contribution in [0.15, 0.2) is 59.2 Å². The van der Waals surface area contributed by atoms with Gasteiger partial charge in [0.1, 0.15) is 24.2 Å². The van der Waals surface area contributed by atoms with Gasteiger partial charge in [0.05, 0.1) is 22.8 Å². The number of aromatic nitrogens is 2. The van der Waals surface area contributed by atoms with Crippen LogP contribution in [0.2, 0.25) is 0 Å². The summed E-state index contributed by atoms with van der Waals surface area (Å²) >= 11 is 0. The van der Waals surface area contributed by atoms with Crippen LogP contribution in [0.1, 0.15) is 29.2 Å². The molecule has 4 aromatic rings. The summed E-state index contributed by atoms with van der Waals surface area (Å²) < 4.78 is 7.81. The summed E-state index contributed by atoms with van der Waals surface area (Å²) in [5.74, 6) is 1.71. The number of nitriles is 1. The third-order valence-corrected chi connectivity index (χ3v) is 5.64. The smallest absolute Gasteiger partial charge is 0.157 e. The second-order valence-electron chi connectivity index (χ2n) is 7.47. The Bertz CT molecular complexity index is 1420. The number of anilines is 1. The molecular formula is C25H21N5O. The van der Waals surface area contributed by atoms with E-state index in [9.17, 15) is 5.26 Å². The predicted molar refractivity (Wildman–Crippen MR) is 124 cm³/mol. The Balaban J connectivity index is 1.61. The highest BCUT2D eigenvalue weighted by Crippen LogP contribution is 2.31. The maximum absolute atomic E-state index is 9.80. The zero-order valence-electron chi connectivity index (χ0n) is 17.4. The van der Waals surface area contributed by atoms with Gasteiger partial charge in [0, 0.05) is 11.1 Å². The molecular weight excluding hydrogens is 386 g/mol. The van der Waals surface area contributed by atoms with Gasteiger partial charge in [0.2, 0.25) is 0 Å². The Morgan fingerprint density at radius 1 is 1.23 bits per heavy atom. The van der Waals surface area contributed by atoms with Gasteiger partial charge in [0.25, 0.3) is 0 Å². The monoisotopic (exact) mass is 407 g/mol. The molecule has 1 aliphatic rings. The van der Waals surface area contributed by atoms with E-state index in [1.807, 2.05) is 59.9 Å². The lowest BCUT2D eigenvalue weighted by molar-refractivity contribution is 0.353. The van der Waals surface area contributed by atoms with E-state index < -0.39 is 0 Å². The fourth-order valence-electron chi connectivity index (χ4n) is 4.12. The summed E-state index contributed by atoms with van der Waals surface area (Å²) in [6.07, 6.45) is 4.63. The van der Waals surface area contributed by atoms with Crippen LogP contribution in [0.5, 0.6) is 5.75 Å². The van der Waals surface area contributed by atoms with Crippen LogP contribution in [0, 0.1) is 18.3 Å². The molecule has 0 amide bonds. The van der Waals surface area contributed by atoms with Gasteiger partial charge in [-0.3, -0.25) is 9.83 Å². The summed E-state index contributed by atoms with van der Waals surface area (Å²) in [7, 11) is 0. The number of hydrogen-bond donors (Lipinski definition) is 1. The first-order valence-electron chi connectivity index (χ1n) is 10.3. The van der Waals surface area contributed by atoms with E-state index in [1.165, 1.54) is 0 Å². The van der Waals surface area contributed by atoms with Crippen molar-refractivity contribution in [2.45, 2.75) is 20.3 Å². The molecule has 0 saturated carbocycles. The maximum Gasteiger partial charge on any atom is 0.157 e. The minimum atomic E-state index is 0.471. The number of hydrazone groups is 1. The van der Waals surface area contributed by atoms with Crippen molar-refractivity contribution in [3.8, 4) is 11.8 Å². The summed E-state index contributed by atoms with van der Waals surface area (Å²) in [5, 5.41) is 14.3. The average Bonchev–Trinajstić information content (AvgIpc) is 3.18. The molecule has 6 heteroatoms. The number of pyridine rings is 1. The maximum atomic E-state index is 9.80. The molecule has 2 aromatic carbocycles. The summed E-state index contributed by atoms with van der Waals surface area (Å²) in [4.78, 5) is 4.72. The van der Waals surface area contributed by atoms with E-state index in [1.54, 1.807) is 6.21 Å². The van der Waals surface area contributed by atoms with Crippen molar-refractivity contribution in [2.24, 2.45) is 5.10 Å². The minimum absolute atomic E-state index is 0.471. The molecule has 6 nitrogen and oxygen atoms in total. The molecule has 2 aromatic heterocycles. The largest absolute Gasteiger partial charge is 0.488 e. The van der Waals surface area contributed by atoms with Crippen LogP contribution in [0.4, 0.5) is 5.82 Å². The van der Waals surface area contributed by atoms with Crippen LogP contribution in [-0.2, 0) is 6.42 Å². The zero-order chi connectivity index (χ0) is 21.4. The first-order valence-corrected chi connectivity index (χ1v) is 10.3.